The van der Waals surface area contributed by atoms with Gasteiger partial charge in [0, 0.05) is 31.3 Å². The second-order valence-corrected chi connectivity index (χ2v) is 4.03. The van der Waals surface area contributed by atoms with E-state index in [2.05, 4.69) is 0 Å². The van der Waals surface area contributed by atoms with Gasteiger partial charge in [0.25, 0.3) is 5.69 Å². The fourth-order valence-corrected chi connectivity index (χ4v) is 1.75. The Morgan fingerprint density at radius 1 is 1.50 bits per heavy atom. The second kappa shape index (κ2) is 7.15. The van der Waals surface area contributed by atoms with Gasteiger partial charge in [-0.2, -0.15) is 0 Å². The van der Waals surface area contributed by atoms with E-state index in [0.29, 0.717) is 23.9 Å². The van der Waals surface area contributed by atoms with Crippen molar-refractivity contribution < 1.29 is 14.8 Å². The Morgan fingerprint density at radius 2 is 2.22 bits per heavy atom. The Kier molecular flexibility index (Phi) is 5.84. The van der Waals surface area contributed by atoms with Gasteiger partial charge < -0.3 is 14.7 Å². The molecule has 0 spiro atoms. The fourth-order valence-electron chi connectivity index (χ4n) is 1.58. The van der Waals surface area contributed by atoms with Crippen molar-refractivity contribution in [3.05, 3.63) is 33.3 Å². The molecule has 18 heavy (non-hydrogen) atoms. The highest BCUT2D eigenvalue weighted by Gasteiger charge is 2.19. The van der Waals surface area contributed by atoms with E-state index in [-0.39, 0.29) is 18.8 Å². The summed E-state index contributed by atoms with van der Waals surface area (Å²) in [5, 5.41) is 20.4. The highest BCUT2D eigenvalue weighted by molar-refractivity contribution is 6.31. The Balaban J connectivity index is 3.07. The molecule has 1 N–H and O–H groups in total. The molecule has 0 atom stereocenters. The van der Waals surface area contributed by atoms with Crippen LogP contribution in [0.1, 0.15) is 0 Å². The molecule has 0 saturated carbocycles. The van der Waals surface area contributed by atoms with Crippen molar-refractivity contribution in [2.45, 2.75) is 0 Å². The van der Waals surface area contributed by atoms with Crippen molar-refractivity contribution in [1.29, 1.82) is 0 Å². The second-order valence-electron chi connectivity index (χ2n) is 3.59. The highest BCUT2D eigenvalue weighted by atomic mass is 35.5. The van der Waals surface area contributed by atoms with Crippen molar-refractivity contribution >= 4 is 23.0 Å². The largest absolute Gasteiger partial charge is 0.395 e. The van der Waals surface area contributed by atoms with Crippen molar-refractivity contribution in [3.8, 4) is 0 Å². The zero-order valence-electron chi connectivity index (χ0n) is 10.0. The minimum absolute atomic E-state index is 0.0380. The zero-order valence-corrected chi connectivity index (χ0v) is 10.8. The average molecular weight is 275 g/mol. The molecule has 0 radical (unpaired) electrons. The molecule has 0 aliphatic rings. The summed E-state index contributed by atoms with van der Waals surface area (Å²) in [6, 6.07) is 4.34. The van der Waals surface area contributed by atoms with Crippen molar-refractivity contribution in [1.82, 2.24) is 0 Å². The lowest BCUT2D eigenvalue weighted by atomic mass is 10.2. The van der Waals surface area contributed by atoms with Crippen LogP contribution in [0.4, 0.5) is 11.4 Å². The average Bonchev–Trinajstić information content (AvgIpc) is 2.34. The lowest BCUT2D eigenvalue weighted by molar-refractivity contribution is -0.384. The number of aliphatic hydroxyl groups is 1. The van der Waals surface area contributed by atoms with E-state index in [4.69, 9.17) is 21.4 Å². The molecule has 0 saturated heterocycles. The molecule has 7 heteroatoms. The lowest BCUT2D eigenvalue weighted by Gasteiger charge is -2.23. The van der Waals surface area contributed by atoms with Crippen LogP contribution in [0.3, 0.4) is 0 Å². The molecule has 0 heterocycles. The van der Waals surface area contributed by atoms with Crippen molar-refractivity contribution in [2.24, 2.45) is 0 Å². The summed E-state index contributed by atoms with van der Waals surface area (Å²) >= 11 is 5.86. The molecule has 0 aromatic heterocycles. The predicted octanol–water partition coefficient (Wildman–Crippen LogP) is 1.69. The van der Waals surface area contributed by atoms with Crippen LogP contribution in [-0.4, -0.2) is 43.4 Å². The normalized spacial score (nSPS) is 10.4. The van der Waals surface area contributed by atoms with E-state index in [0.717, 1.165) is 0 Å². The first-order valence-corrected chi connectivity index (χ1v) is 5.76. The summed E-state index contributed by atoms with van der Waals surface area (Å²) in [6.45, 7) is 1.03. The number of hydrogen-bond acceptors (Lipinski definition) is 5. The number of benzene rings is 1. The molecule has 0 bridgehead atoms. The monoisotopic (exact) mass is 274 g/mol. The summed E-state index contributed by atoms with van der Waals surface area (Å²) in [5.74, 6) is 0. The zero-order chi connectivity index (χ0) is 13.5. The molecule has 0 aliphatic heterocycles. The van der Waals surface area contributed by atoms with Gasteiger partial charge in [0.15, 0.2) is 0 Å². The predicted molar refractivity (Wildman–Crippen MR) is 69.3 cm³/mol. The number of rotatable bonds is 7. The van der Waals surface area contributed by atoms with Gasteiger partial charge in [-0.05, 0) is 12.1 Å². The molecule has 1 rings (SSSR count). The highest BCUT2D eigenvalue weighted by Crippen LogP contribution is 2.30. The molecule has 0 aliphatic carbocycles. The maximum atomic E-state index is 11.0. The number of halogens is 1. The summed E-state index contributed by atoms with van der Waals surface area (Å²) in [4.78, 5) is 12.2. The first-order valence-electron chi connectivity index (χ1n) is 5.38. The van der Waals surface area contributed by atoms with Crippen LogP contribution in [0.25, 0.3) is 0 Å². The first-order chi connectivity index (χ1) is 8.60. The smallest absolute Gasteiger partial charge is 0.292 e. The standard InChI is InChI=1S/C11H15ClN2O4/c1-18-7-5-13(4-6-15)11-8-9(12)2-3-10(11)14(16)17/h2-3,8,15H,4-7H2,1H3. The SMILES string of the molecule is COCCN(CCO)c1cc(Cl)ccc1[N+](=O)[O-]. The van der Waals surface area contributed by atoms with Crippen LogP contribution in [0, 0.1) is 10.1 Å². The van der Waals surface area contributed by atoms with Gasteiger partial charge in [-0.3, -0.25) is 10.1 Å². The maximum absolute atomic E-state index is 11.0. The van der Waals surface area contributed by atoms with Gasteiger partial charge in [-0.25, -0.2) is 0 Å². The van der Waals surface area contributed by atoms with E-state index in [1.54, 1.807) is 12.0 Å². The minimum atomic E-state index is -0.469. The summed E-state index contributed by atoms with van der Waals surface area (Å²) < 4.78 is 4.94. The summed E-state index contributed by atoms with van der Waals surface area (Å²) in [6.07, 6.45) is 0. The minimum Gasteiger partial charge on any atom is -0.395 e. The van der Waals surface area contributed by atoms with Crippen LogP contribution in [0.2, 0.25) is 5.02 Å². The van der Waals surface area contributed by atoms with Gasteiger partial charge >= 0.3 is 0 Å². The molecule has 100 valence electrons. The fraction of sp³-hybridized carbons (Fsp3) is 0.455. The lowest BCUT2D eigenvalue weighted by Crippen LogP contribution is -2.30. The van der Waals surface area contributed by atoms with Gasteiger partial charge in [0.05, 0.1) is 18.1 Å². The van der Waals surface area contributed by atoms with Crippen LogP contribution in [-0.2, 0) is 4.74 Å². The summed E-state index contributed by atoms with van der Waals surface area (Å²) in [7, 11) is 1.55. The van der Waals surface area contributed by atoms with Gasteiger partial charge in [0.1, 0.15) is 5.69 Å². The third-order valence-electron chi connectivity index (χ3n) is 2.41. The van der Waals surface area contributed by atoms with E-state index < -0.39 is 4.92 Å². The first kappa shape index (κ1) is 14.7. The number of nitro benzene ring substituents is 1. The number of nitro groups is 1. The molecule has 1 aromatic carbocycles. The van der Waals surface area contributed by atoms with Gasteiger partial charge in [-0.15, -0.1) is 0 Å². The number of aliphatic hydroxyl groups excluding tert-OH is 1. The van der Waals surface area contributed by atoms with E-state index in [9.17, 15) is 10.1 Å². The van der Waals surface area contributed by atoms with E-state index >= 15 is 0 Å². The molecule has 6 nitrogen and oxygen atoms in total. The molecular formula is C11H15ClN2O4. The Labute approximate surface area is 110 Å². The van der Waals surface area contributed by atoms with Crippen LogP contribution >= 0.6 is 11.6 Å². The molecule has 1 aromatic rings. The quantitative estimate of drug-likeness (QED) is 0.605. The molecule has 0 amide bonds. The van der Waals surface area contributed by atoms with Crippen LogP contribution < -0.4 is 4.90 Å². The molecule has 0 fully saturated rings. The number of methoxy groups -OCH3 is 1. The topological polar surface area (TPSA) is 75.8 Å². The van der Waals surface area contributed by atoms with Crippen LogP contribution in [0.5, 0.6) is 0 Å². The van der Waals surface area contributed by atoms with E-state index in [1.165, 1.54) is 18.2 Å². The number of anilines is 1. The Morgan fingerprint density at radius 3 is 2.78 bits per heavy atom. The Bertz CT molecular complexity index is 414. The van der Waals surface area contributed by atoms with Gasteiger partial charge in [-0.1, -0.05) is 11.6 Å². The van der Waals surface area contributed by atoms with E-state index in [1.807, 2.05) is 0 Å². The number of hydrogen-bond donors (Lipinski definition) is 1. The van der Waals surface area contributed by atoms with Crippen molar-refractivity contribution in [3.63, 3.8) is 0 Å². The third kappa shape index (κ3) is 3.83. The number of nitrogens with zero attached hydrogens (tertiary/aromatic N) is 2. The molecular weight excluding hydrogens is 260 g/mol. The van der Waals surface area contributed by atoms with Crippen LogP contribution in [0.15, 0.2) is 18.2 Å². The van der Waals surface area contributed by atoms with Crippen molar-refractivity contribution in [2.75, 3.05) is 38.3 Å². The maximum Gasteiger partial charge on any atom is 0.292 e. The number of ether oxygens (including phenoxy) is 1. The summed E-state index contributed by atoms with van der Waals surface area (Å²) in [5.41, 5.74) is 0.350. The van der Waals surface area contributed by atoms with Gasteiger partial charge in [0.2, 0.25) is 0 Å². The third-order valence-corrected chi connectivity index (χ3v) is 2.65. The Hall–Kier alpha value is -1.37. The molecule has 0 unspecified atom stereocenters.